The fraction of sp³-hybridized carbons (Fsp3) is 0.533. The highest BCUT2D eigenvalue weighted by Crippen LogP contribution is 2.26. The number of rotatable bonds is 1. The molecule has 1 fully saturated rings. The van der Waals surface area contributed by atoms with Gasteiger partial charge < -0.3 is 9.42 Å². The maximum atomic E-state index is 12.9. The number of carbonyl (C=O) groups is 1. The van der Waals surface area contributed by atoms with E-state index in [1.165, 1.54) is 6.42 Å². The van der Waals surface area contributed by atoms with E-state index in [1.54, 1.807) is 0 Å². The SMILES string of the molecule is Cc1cc(C(=O)N2CCCC[C@@H]2C)c2c(C)noc2n1. The van der Waals surface area contributed by atoms with Crippen LogP contribution in [0, 0.1) is 13.8 Å². The molecule has 3 rings (SSSR count). The van der Waals surface area contributed by atoms with Crippen LogP contribution >= 0.6 is 0 Å². The van der Waals surface area contributed by atoms with Gasteiger partial charge in [-0.1, -0.05) is 5.16 Å². The summed E-state index contributed by atoms with van der Waals surface area (Å²) < 4.78 is 5.20. The molecule has 2 aromatic rings. The van der Waals surface area contributed by atoms with Crippen LogP contribution in [0.4, 0.5) is 0 Å². The van der Waals surface area contributed by atoms with Crippen molar-refractivity contribution in [2.24, 2.45) is 0 Å². The second-order valence-corrected chi connectivity index (χ2v) is 5.60. The molecular formula is C15H19N3O2. The van der Waals surface area contributed by atoms with Crippen LogP contribution in [0.25, 0.3) is 11.1 Å². The number of aryl methyl sites for hydroxylation is 2. The van der Waals surface area contributed by atoms with Crippen molar-refractivity contribution in [2.45, 2.75) is 46.1 Å². The maximum absolute atomic E-state index is 12.9. The minimum atomic E-state index is 0.0685. The average Bonchev–Trinajstić information content (AvgIpc) is 2.79. The Labute approximate surface area is 117 Å². The van der Waals surface area contributed by atoms with Gasteiger partial charge in [0.2, 0.25) is 0 Å². The van der Waals surface area contributed by atoms with Crippen LogP contribution in [0.3, 0.4) is 0 Å². The standard InChI is InChI=1S/C15H19N3O2/c1-9-8-12(13-11(3)17-20-14(13)16-9)15(19)18-7-5-4-6-10(18)2/h8,10H,4-7H2,1-3H3/t10-/m0/s1. The van der Waals surface area contributed by atoms with E-state index >= 15 is 0 Å². The normalized spacial score (nSPS) is 19.6. The molecule has 0 bridgehead atoms. The first-order valence-electron chi connectivity index (χ1n) is 7.12. The molecule has 0 unspecified atom stereocenters. The summed E-state index contributed by atoms with van der Waals surface area (Å²) in [6, 6.07) is 2.14. The molecule has 0 aliphatic carbocycles. The second kappa shape index (κ2) is 4.89. The molecule has 5 nitrogen and oxygen atoms in total. The molecule has 1 atom stereocenters. The third kappa shape index (κ3) is 2.07. The Morgan fingerprint density at radius 1 is 1.40 bits per heavy atom. The Bertz CT molecular complexity index is 662. The van der Waals surface area contributed by atoms with Crippen molar-refractivity contribution < 1.29 is 9.32 Å². The zero-order valence-corrected chi connectivity index (χ0v) is 12.1. The van der Waals surface area contributed by atoms with Gasteiger partial charge in [-0.05, 0) is 46.1 Å². The lowest BCUT2D eigenvalue weighted by molar-refractivity contribution is 0.0637. The highest BCUT2D eigenvalue weighted by Gasteiger charge is 2.27. The zero-order valence-electron chi connectivity index (χ0n) is 12.1. The summed E-state index contributed by atoms with van der Waals surface area (Å²) >= 11 is 0. The number of hydrogen-bond donors (Lipinski definition) is 0. The number of aromatic nitrogens is 2. The van der Waals surface area contributed by atoms with Crippen molar-refractivity contribution >= 4 is 17.0 Å². The summed E-state index contributed by atoms with van der Waals surface area (Å²) in [5.41, 5.74) is 2.62. The summed E-state index contributed by atoms with van der Waals surface area (Å²) in [7, 11) is 0. The monoisotopic (exact) mass is 273 g/mol. The van der Waals surface area contributed by atoms with Gasteiger partial charge in [-0.3, -0.25) is 4.79 Å². The van der Waals surface area contributed by atoms with Crippen molar-refractivity contribution in [1.29, 1.82) is 0 Å². The molecule has 1 aliphatic rings. The average molecular weight is 273 g/mol. The number of fused-ring (bicyclic) bond motifs is 1. The van der Waals surface area contributed by atoms with Gasteiger partial charge in [-0.25, -0.2) is 4.98 Å². The fourth-order valence-corrected chi connectivity index (χ4v) is 2.94. The second-order valence-electron chi connectivity index (χ2n) is 5.60. The molecule has 1 saturated heterocycles. The minimum absolute atomic E-state index is 0.0685. The number of piperidine rings is 1. The topological polar surface area (TPSA) is 59.2 Å². The highest BCUT2D eigenvalue weighted by molar-refractivity contribution is 6.06. The Kier molecular flexibility index (Phi) is 3.20. The molecule has 5 heteroatoms. The van der Waals surface area contributed by atoms with Crippen molar-refractivity contribution in [3.63, 3.8) is 0 Å². The third-order valence-corrected chi connectivity index (χ3v) is 4.04. The Hall–Kier alpha value is -1.91. The number of nitrogens with zero attached hydrogens (tertiary/aromatic N) is 3. The lowest BCUT2D eigenvalue weighted by atomic mass is 10.0. The van der Waals surface area contributed by atoms with Crippen molar-refractivity contribution in [2.75, 3.05) is 6.54 Å². The molecule has 20 heavy (non-hydrogen) atoms. The van der Waals surface area contributed by atoms with Gasteiger partial charge in [0.25, 0.3) is 11.6 Å². The predicted molar refractivity (Wildman–Crippen MR) is 75.6 cm³/mol. The first-order valence-corrected chi connectivity index (χ1v) is 7.12. The fourth-order valence-electron chi connectivity index (χ4n) is 2.94. The highest BCUT2D eigenvalue weighted by atomic mass is 16.5. The Balaban J connectivity index is 2.08. The van der Waals surface area contributed by atoms with Crippen molar-refractivity contribution in [3.8, 4) is 0 Å². The molecule has 106 valence electrons. The minimum Gasteiger partial charge on any atom is -0.336 e. The van der Waals surface area contributed by atoms with Gasteiger partial charge in [0.1, 0.15) is 0 Å². The molecular weight excluding hydrogens is 254 g/mol. The van der Waals surface area contributed by atoms with Crippen LogP contribution in [-0.2, 0) is 0 Å². The van der Waals surface area contributed by atoms with Crippen LogP contribution in [0.5, 0.6) is 0 Å². The van der Waals surface area contributed by atoms with Gasteiger partial charge in [0.15, 0.2) is 0 Å². The summed E-state index contributed by atoms with van der Waals surface area (Å²) in [5, 5.41) is 4.68. The molecule has 0 aromatic carbocycles. The molecule has 1 aliphatic heterocycles. The maximum Gasteiger partial charge on any atom is 0.258 e. The van der Waals surface area contributed by atoms with E-state index in [2.05, 4.69) is 17.1 Å². The lowest BCUT2D eigenvalue weighted by Crippen LogP contribution is -2.42. The Morgan fingerprint density at radius 2 is 2.20 bits per heavy atom. The molecule has 0 spiro atoms. The van der Waals surface area contributed by atoms with Gasteiger partial charge in [0.05, 0.1) is 16.6 Å². The number of amides is 1. The third-order valence-electron chi connectivity index (χ3n) is 4.04. The van der Waals surface area contributed by atoms with Crippen LogP contribution in [0.1, 0.15) is 47.9 Å². The van der Waals surface area contributed by atoms with Crippen LogP contribution in [0.15, 0.2) is 10.6 Å². The number of likely N-dealkylation sites (tertiary alicyclic amines) is 1. The first-order chi connectivity index (χ1) is 9.58. The van der Waals surface area contributed by atoms with E-state index in [4.69, 9.17) is 4.52 Å². The van der Waals surface area contributed by atoms with E-state index < -0.39 is 0 Å². The van der Waals surface area contributed by atoms with Gasteiger partial charge in [-0.15, -0.1) is 0 Å². The van der Waals surface area contributed by atoms with Crippen LogP contribution in [-0.4, -0.2) is 33.5 Å². The van der Waals surface area contributed by atoms with E-state index in [9.17, 15) is 4.79 Å². The van der Waals surface area contributed by atoms with Gasteiger partial charge >= 0.3 is 0 Å². The van der Waals surface area contributed by atoms with Gasteiger partial charge in [0, 0.05) is 18.3 Å². The quantitative estimate of drug-likeness (QED) is 0.801. The molecule has 1 amide bonds. The molecule has 0 N–H and O–H groups in total. The van der Waals surface area contributed by atoms with Crippen molar-refractivity contribution in [3.05, 3.63) is 23.0 Å². The lowest BCUT2D eigenvalue weighted by Gasteiger charge is -2.33. The summed E-state index contributed by atoms with van der Waals surface area (Å²) in [6.45, 7) is 6.66. The molecule has 0 radical (unpaired) electrons. The molecule has 2 aromatic heterocycles. The van der Waals surface area contributed by atoms with Crippen LogP contribution in [0.2, 0.25) is 0 Å². The largest absolute Gasteiger partial charge is 0.336 e. The van der Waals surface area contributed by atoms with Crippen LogP contribution < -0.4 is 0 Å². The van der Waals surface area contributed by atoms with E-state index in [1.807, 2.05) is 24.8 Å². The zero-order chi connectivity index (χ0) is 14.3. The summed E-state index contributed by atoms with van der Waals surface area (Å²) in [6.07, 6.45) is 3.34. The molecule has 3 heterocycles. The summed E-state index contributed by atoms with van der Waals surface area (Å²) in [5.74, 6) is 0.0685. The smallest absolute Gasteiger partial charge is 0.258 e. The van der Waals surface area contributed by atoms with E-state index in [0.717, 1.165) is 36.2 Å². The van der Waals surface area contributed by atoms with E-state index in [-0.39, 0.29) is 5.91 Å². The summed E-state index contributed by atoms with van der Waals surface area (Å²) in [4.78, 5) is 19.1. The van der Waals surface area contributed by atoms with Gasteiger partial charge in [-0.2, -0.15) is 0 Å². The number of carbonyl (C=O) groups excluding carboxylic acids is 1. The van der Waals surface area contributed by atoms with E-state index in [0.29, 0.717) is 17.3 Å². The first kappa shape index (κ1) is 13.1. The number of hydrogen-bond acceptors (Lipinski definition) is 4. The predicted octanol–water partition coefficient (Wildman–Crippen LogP) is 2.85. The van der Waals surface area contributed by atoms with Crippen molar-refractivity contribution in [1.82, 2.24) is 15.0 Å². The molecule has 0 saturated carbocycles. The Morgan fingerprint density at radius 3 is 2.95 bits per heavy atom. The number of pyridine rings is 1.